The van der Waals surface area contributed by atoms with Gasteiger partial charge >= 0.3 is 0 Å². The molecular formula is C31H37N9O2. The third kappa shape index (κ3) is 6.56. The second-order valence-corrected chi connectivity index (χ2v) is 10.8. The summed E-state index contributed by atoms with van der Waals surface area (Å²) in [6.45, 7) is 10.6. The molecule has 218 valence electrons. The maximum atomic E-state index is 13.0. The summed E-state index contributed by atoms with van der Waals surface area (Å²) >= 11 is 0. The van der Waals surface area contributed by atoms with Crippen LogP contribution in [0.4, 0.5) is 0 Å². The van der Waals surface area contributed by atoms with Gasteiger partial charge in [0.15, 0.2) is 5.82 Å². The van der Waals surface area contributed by atoms with Gasteiger partial charge in [-0.25, -0.2) is 0 Å². The van der Waals surface area contributed by atoms with Crippen LogP contribution in [0.25, 0.3) is 0 Å². The maximum absolute atomic E-state index is 13.0. The van der Waals surface area contributed by atoms with Crippen LogP contribution in [0.3, 0.4) is 0 Å². The van der Waals surface area contributed by atoms with Gasteiger partial charge in [-0.1, -0.05) is 49.1 Å². The molecule has 3 atom stereocenters. The number of benzene rings is 1. The third-order valence-electron chi connectivity index (χ3n) is 7.72. The molecule has 0 saturated heterocycles. The first-order chi connectivity index (χ1) is 20.0. The van der Waals surface area contributed by atoms with E-state index in [1.165, 1.54) is 9.70 Å². The minimum atomic E-state index is -0.803. The molecule has 1 unspecified atom stereocenters. The van der Waals surface area contributed by atoms with Crippen molar-refractivity contribution in [2.75, 3.05) is 13.1 Å². The predicted octanol–water partition coefficient (Wildman–Crippen LogP) is 2.10. The van der Waals surface area contributed by atoms with E-state index in [0.717, 1.165) is 22.3 Å². The molecule has 1 aromatic heterocycles. The van der Waals surface area contributed by atoms with Crippen LogP contribution >= 0.6 is 0 Å². The van der Waals surface area contributed by atoms with Crippen LogP contribution in [-0.4, -0.2) is 62.1 Å². The van der Waals surface area contributed by atoms with Crippen molar-refractivity contribution in [1.29, 1.82) is 5.26 Å². The highest BCUT2D eigenvalue weighted by molar-refractivity contribution is 5.93. The minimum absolute atomic E-state index is 0.0635. The number of allylic oxidation sites excluding steroid dienone is 4. The molecule has 0 bridgehead atoms. The van der Waals surface area contributed by atoms with E-state index in [9.17, 15) is 14.9 Å². The number of nitrogens with zero attached hydrogens (tertiary/aromatic N) is 6. The van der Waals surface area contributed by atoms with Crippen molar-refractivity contribution in [3.05, 3.63) is 101 Å². The Balaban J connectivity index is 1.78. The first kappa shape index (κ1) is 30.1. The van der Waals surface area contributed by atoms with Gasteiger partial charge in [-0.2, -0.15) is 10.1 Å². The lowest BCUT2D eigenvalue weighted by Crippen LogP contribution is -2.45. The molecule has 1 aromatic carbocycles. The molecule has 42 heavy (non-hydrogen) atoms. The standard InChI is InChI=1S/C31H37N9O2/c1-20-9-10-24-16-25(29(34)42)11-12-27(24)31(30-36-38-39(4)37-30,13-5-7-23(15-20)22(3)33)17-21(2)35-19-28(41)40-14-6-8-26(40)18-32/h5-8,11-12,15-16,21,26,35H,1,3,9-10,13-14,17,19,33H2,2,4H3,(H2,34,42)/b7-5-,23-15+/t21-,26+,31?/m1/s1. The first-order valence-corrected chi connectivity index (χ1v) is 13.8. The highest BCUT2D eigenvalue weighted by Gasteiger charge is 2.41. The number of aryl methyl sites for hydroxylation is 2. The van der Waals surface area contributed by atoms with Crippen LogP contribution in [0.5, 0.6) is 0 Å². The van der Waals surface area contributed by atoms with Crippen LogP contribution in [0, 0.1) is 11.3 Å². The molecule has 2 amide bonds. The average Bonchev–Trinajstić information content (AvgIpc) is 3.62. The summed E-state index contributed by atoms with van der Waals surface area (Å²) in [5, 5.41) is 26.0. The van der Waals surface area contributed by atoms with Crippen LogP contribution in [0.1, 0.15) is 53.5 Å². The minimum Gasteiger partial charge on any atom is -0.399 e. The van der Waals surface area contributed by atoms with Crippen molar-refractivity contribution in [2.24, 2.45) is 18.5 Å². The highest BCUT2D eigenvalue weighted by Crippen LogP contribution is 2.41. The van der Waals surface area contributed by atoms with E-state index < -0.39 is 17.4 Å². The number of carbonyl (C=O) groups is 2. The number of carbonyl (C=O) groups excluding carboxylic acids is 2. The summed E-state index contributed by atoms with van der Waals surface area (Å²) in [5.74, 6) is -0.170. The monoisotopic (exact) mass is 567 g/mol. The Morgan fingerprint density at radius 1 is 1.29 bits per heavy atom. The van der Waals surface area contributed by atoms with Gasteiger partial charge in [-0.15, -0.1) is 10.2 Å². The molecule has 1 aliphatic heterocycles. The number of amides is 2. The van der Waals surface area contributed by atoms with Gasteiger partial charge in [-0.05, 0) is 72.7 Å². The molecule has 4 rings (SSSR count). The summed E-state index contributed by atoms with van der Waals surface area (Å²) in [6, 6.07) is 6.86. The van der Waals surface area contributed by atoms with Gasteiger partial charge in [0.1, 0.15) is 6.04 Å². The lowest BCUT2D eigenvalue weighted by molar-refractivity contribution is -0.130. The van der Waals surface area contributed by atoms with Crippen molar-refractivity contribution in [3.8, 4) is 6.07 Å². The number of nitrogens with two attached hydrogens (primary N) is 2. The summed E-state index contributed by atoms with van der Waals surface area (Å²) in [6.07, 6.45) is 11.5. The summed E-state index contributed by atoms with van der Waals surface area (Å²) in [4.78, 5) is 28.1. The number of aromatic nitrogens is 4. The molecule has 0 saturated carbocycles. The summed E-state index contributed by atoms with van der Waals surface area (Å²) < 4.78 is 0. The summed E-state index contributed by atoms with van der Waals surface area (Å²) in [7, 11) is 1.71. The number of primary amides is 1. The lowest BCUT2D eigenvalue weighted by Gasteiger charge is -2.35. The van der Waals surface area contributed by atoms with Crippen molar-refractivity contribution in [3.63, 3.8) is 0 Å². The van der Waals surface area contributed by atoms with Crippen LogP contribution in [-0.2, 0) is 23.7 Å². The number of fused-ring (bicyclic) bond motifs is 1. The van der Waals surface area contributed by atoms with Crippen molar-refractivity contribution >= 4 is 11.8 Å². The SMILES string of the molecule is C=C1/C=C(C(=C)N)\C=C/CC(C[C@@H](C)NCC(=O)N2CC=C[C@H]2C#N)(c2nnn(C)n2)c2ccc(C(N)=O)cc2CC1. The Kier molecular flexibility index (Phi) is 9.18. The molecule has 2 heterocycles. The van der Waals surface area contributed by atoms with E-state index in [1.54, 1.807) is 19.2 Å². The summed E-state index contributed by atoms with van der Waals surface area (Å²) in [5.41, 5.74) is 15.3. The molecule has 1 aliphatic carbocycles. The van der Waals surface area contributed by atoms with E-state index in [2.05, 4.69) is 40.0 Å². The fraction of sp³-hybridized carbons (Fsp3) is 0.355. The maximum Gasteiger partial charge on any atom is 0.248 e. The lowest BCUT2D eigenvalue weighted by atomic mass is 9.69. The van der Waals surface area contributed by atoms with Gasteiger partial charge < -0.3 is 21.7 Å². The average molecular weight is 568 g/mol. The highest BCUT2D eigenvalue weighted by atomic mass is 16.2. The second kappa shape index (κ2) is 12.8. The normalized spacial score (nSPS) is 23.2. The smallest absolute Gasteiger partial charge is 0.248 e. The van der Waals surface area contributed by atoms with Gasteiger partial charge in [0.25, 0.3) is 0 Å². The quantitative estimate of drug-likeness (QED) is 0.407. The Hall–Kier alpha value is -4.82. The van der Waals surface area contributed by atoms with E-state index in [0.29, 0.717) is 49.3 Å². The van der Waals surface area contributed by atoms with Gasteiger partial charge in [0.2, 0.25) is 11.8 Å². The van der Waals surface area contributed by atoms with E-state index in [-0.39, 0.29) is 18.5 Å². The number of hydrogen-bond acceptors (Lipinski definition) is 8. The van der Waals surface area contributed by atoms with E-state index >= 15 is 0 Å². The number of rotatable bonds is 8. The molecular weight excluding hydrogens is 530 g/mol. The fourth-order valence-corrected chi connectivity index (χ4v) is 5.57. The van der Waals surface area contributed by atoms with Gasteiger partial charge in [-0.3, -0.25) is 9.59 Å². The number of nitrogens with one attached hydrogen (secondary N) is 1. The Morgan fingerprint density at radius 2 is 2.07 bits per heavy atom. The molecule has 2 aromatic rings. The molecule has 2 aliphatic rings. The Morgan fingerprint density at radius 3 is 2.74 bits per heavy atom. The zero-order valence-electron chi connectivity index (χ0n) is 24.1. The van der Waals surface area contributed by atoms with Crippen LogP contribution in [0.15, 0.2) is 78.6 Å². The van der Waals surface area contributed by atoms with Gasteiger partial charge in [0.05, 0.1) is 25.1 Å². The van der Waals surface area contributed by atoms with E-state index in [4.69, 9.17) is 11.5 Å². The molecule has 0 fully saturated rings. The van der Waals surface area contributed by atoms with Gasteiger partial charge in [0, 0.05) is 23.8 Å². The zero-order chi connectivity index (χ0) is 30.4. The second-order valence-electron chi connectivity index (χ2n) is 10.8. The Bertz CT molecular complexity index is 1530. The topological polar surface area (TPSA) is 169 Å². The van der Waals surface area contributed by atoms with Crippen LogP contribution < -0.4 is 16.8 Å². The predicted molar refractivity (Wildman–Crippen MR) is 160 cm³/mol. The largest absolute Gasteiger partial charge is 0.399 e. The number of hydrogen-bond donors (Lipinski definition) is 3. The molecule has 0 radical (unpaired) electrons. The molecule has 11 heteroatoms. The molecule has 0 spiro atoms. The van der Waals surface area contributed by atoms with Crippen molar-refractivity contribution < 1.29 is 9.59 Å². The van der Waals surface area contributed by atoms with Crippen molar-refractivity contribution in [1.82, 2.24) is 30.4 Å². The fourth-order valence-electron chi connectivity index (χ4n) is 5.57. The molecule has 11 nitrogen and oxygen atoms in total. The van der Waals surface area contributed by atoms with Crippen LogP contribution in [0.2, 0.25) is 0 Å². The third-order valence-corrected chi connectivity index (χ3v) is 7.72. The first-order valence-electron chi connectivity index (χ1n) is 13.8. The Labute approximate surface area is 245 Å². The van der Waals surface area contributed by atoms with E-state index in [1.807, 2.05) is 43.4 Å². The zero-order valence-corrected chi connectivity index (χ0v) is 24.1. The number of nitriles is 1. The van der Waals surface area contributed by atoms with Crippen molar-refractivity contribution in [2.45, 2.75) is 50.1 Å². The molecule has 5 N–H and O–H groups in total. The number of tetrazole rings is 1.